The van der Waals surface area contributed by atoms with Gasteiger partial charge in [0.1, 0.15) is 5.76 Å². The second kappa shape index (κ2) is 8.83. The Bertz CT molecular complexity index is 630. The third-order valence-corrected chi connectivity index (χ3v) is 3.39. The topological polar surface area (TPSA) is 82.0 Å². The van der Waals surface area contributed by atoms with Gasteiger partial charge in [-0.15, -0.1) is 0 Å². The minimum atomic E-state index is -0.214. The zero-order valence-corrected chi connectivity index (χ0v) is 14.0. The first-order valence-electron chi connectivity index (χ1n) is 7.51. The molecule has 7 nitrogen and oxygen atoms in total. The van der Waals surface area contributed by atoms with Gasteiger partial charge < -0.3 is 29.3 Å². The van der Waals surface area contributed by atoms with Crippen LogP contribution in [0.5, 0.6) is 17.2 Å². The van der Waals surface area contributed by atoms with Crippen molar-refractivity contribution >= 4 is 5.91 Å². The smallest absolute Gasteiger partial charge is 0.251 e. The zero-order valence-electron chi connectivity index (χ0n) is 14.0. The first-order chi connectivity index (χ1) is 11.7. The number of nitrogens with one attached hydrogen (secondary N) is 2. The predicted molar refractivity (Wildman–Crippen MR) is 88.8 cm³/mol. The van der Waals surface area contributed by atoms with Crippen LogP contribution in [0.1, 0.15) is 16.1 Å². The quantitative estimate of drug-likeness (QED) is 0.681. The molecule has 0 saturated carbocycles. The Hall–Kier alpha value is -2.67. The lowest BCUT2D eigenvalue weighted by Gasteiger charge is -2.14. The van der Waals surface area contributed by atoms with E-state index in [0.29, 0.717) is 42.4 Å². The lowest BCUT2D eigenvalue weighted by atomic mass is 10.1. The van der Waals surface area contributed by atoms with Crippen LogP contribution in [0.2, 0.25) is 0 Å². The number of rotatable bonds is 9. The molecule has 1 heterocycles. The summed E-state index contributed by atoms with van der Waals surface area (Å²) in [6.45, 7) is 1.72. The molecule has 130 valence electrons. The maximum atomic E-state index is 12.3. The summed E-state index contributed by atoms with van der Waals surface area (Å²) in [6.07, 6.45) is 1.63. The number of hydrogen-bond acceptors (Lipinski definition) is 6. The van der Waals surface area contributed by atoms with E-state index in [9.17, 15) is 4.79 Å². The molecule has 2 aromatic rings. The van der Waals surface area contributed by atoms with Crippen molar-refractivity contribution in [1.29, 1.82) is 0 Å². The number of ether oxygens (including phenoxy) is 3. The predicted octanol–water partition coefficient (Wildman–Crippen LogP) is 1.82. The van der Waals surface area contributed by atoms with E-state index in [2.05, 4.69) is 10.6 Å². The van der Waals surface area contributed by atoms with E-state index >= 15 is 0 Å². The summed E-state index contributed by atoms with van der Waals surface area (Å²) < 4.78 is 20.9. The normalized spacial score (nSPS) is 10.3. The Labute approximate surface area is 140 Å². The molecule has 0 aliphatic heterocycles. The van der Waals surface area contributed by atoms with Crippen LogP contribution in [0.4, 0.5) is 0 Å². The van der Waals surface area contributed by atoms with Gasteiger partial charge in [-0.2, -0.15) is 0 Å². The third-order valence-electron chi connectivity index (χ3n) is 3.39. The molecule has 0 radical (unpaired) electrons. The second-order valence-electron chi connectivity index (χ2n) is 4.93. The van der Waals surface area contributed by atoms with Gasteiger partial charge >= 0.3 is 0 Å². The molecule has 0 saturated heterocycles. The molecule has 1 aromatic heterocycles. The Morgan fingerprint density at radius 3 is 2.33 bits per heavy atom. The summed E-state index contributed by atoms with van der Waals surface area (Å²) in [4.78, 5) is 12.3. The number of carbonyl (C=O) groups excluding carboxylic acids is 1. The Morgan fingerprint density at radius 2 is 1.79 bits per heavy atom. The van der Waals surface area contributed by atoms with Crippen molar-refractivity contribution in [3.05, 3.63) is 41.9 Å². The fraction of sp³-hybridized carbons (Fsp3) is 0.353. The molecule has 0 atom stereocenters. The largest absolute Gasteiger partial charge is 0.493 e. The van der Waals surface area contributed by atoms with Crippen molar-refractivity contribution in [2.75, 3.05) is 34.4 Å². The Kier molecular flexibility index (Phi) is 6.51. The van der Waals surface area contributed by atoms with Gasteiger partial charge in [-0.3, -0.25) is 4.79 Å². The lowest BCUT2D eigenvalue weighted by molar-refractivity contribution is 0.0953. The van der Waals surface area contributed by atoms with Gasteiger partial charge in [0.2, 0.25) is 5.75 Å². The highest BCUT2D eigenvalue weighted by atomic mass is 16.5. The Morgan fingerprint density at radius 1 is 1.08 bits per heavy atom. The van der Waals surface area contributed by atoms with Gasteiger partial charge in [0.15, 0.2) is 11.5 Å². The van der Waals surface area contributed by atoms with E-state index < -0.39 is 0 Å². The summed E-state index contributed by atoms with van der Waals surface area (Å²) >= 11 is 0. The molecule has 2 rings (SSSR count). The van der Waals surface area contributed by atoms with E-state index in [1.807, 2.05) is 12.1 Å². The van der Waals surface area contributed by atoms with Gasteiger partial charge in [0, 0.05) is 18.7 Å². The minimum absolute atomic E-state index is 0.214. The molecule has 1 amide bonds. The lowest BCUT2D eigenvalue weighted by Crippen LogP contribution is -2.31. The van der Waals surface area contributed by atoms with Crippen molar-refractivity contribution in [2.45, 2.75) is 6.54 Å². The third kappa shape index (κ3) is 4.42. The van der Waals surface area contributed by atoms with Gasteiger partial charge in [-0.25, -0.2) is 0 Å². The van der Waals surface area contributed by atoms with Crippen molar-refractivity contribution in [3.8, 4) is 17.2 Å². The maximum absolute atomic E-state index is 12.3. The first-order valence-corrected chi connectivity index (χ1v) is 7.51. The van der Waals surface area contributed by atoms with E-state index in [1.54, 1.807) is 18.4 Å². The standard InChI is InChI=1S/C17H22N2O5/c1-21-14-9-12(10-15(22-2)16(14)23-3)17(20)19-7-6-18-11-13-5-4-8-24-13/h4-5,8-10,18H,6-7,11H2,1-3H3,(H,19,20). The highest BCUT2D eigenvalue weighted by molar-refractivity contribution is 5.95. The van der Waals surface area contributed by atoms with E-state index in [0.717, 1.165) is 5.76 Å². The average Bonchev–Trinajstić information content (AvgIpc) is 3.13. The van der Waals surface area contributed by atoms with E-state index in [1.165, 1.54) is 21.3 Å². The number of methoxy groups -OCH3 is 3. The maximum Gasteiger partial charge on any atom is 0.251 e. The van der Waals surface area contributed by atoms with Crippen LogP contribution in [0, 0.1) is 0 Å². The van der Waals surface area contributed by atoms with Crippen LogP contribution in [-0.2, 0) is 6.54 Å². The first kappa shape index (κ1) is 17.7. The molecule has 0 bridgehead atoms. The monoisotopic (exact) mass is 334 g/mol. The highest BCUT2D eigenvalue weighted by Gasteiger charge is 2.16. The number of furan rings is 1. The summed E-state index contributed by atoms with van der Waals surface area (Å²) in [6, 6.07) is 6.96. The number of hydrogen-bond donors (Lipinski definition) is 2. The molecular weight excluding hydrogens is 312 g/mol. The van der Waals surface area contributed by atoms with Crippen LogP contribution in [0.25, 0.3) is 0 Å². The number of carbonyl (C=O) groups is 1. The molecule has 0 aliphatic carbocycles. The van der Waals surface area contributed by atoms with Crippen LogP contribution >= 0.6 is 0 Å². The molecule has 7 heteroatoms. The van der Waals surface area contributed by atoms with Crippen LogP contribution in [0.3, 0.4) is 0 Å². The molecule has 24 heavy (non-hydrogen) atoms. The van der Waals surface area contributed by atoms with Gasteiger partial charge in [0.25, 0.3) is 5.91 Å². The average molecular weight is 334 g/mol. The Balaban J connectivity index is 1.89. The molecule has 1 aromatic carbocycles. The van der Waals surface area contributed by atoms with Crippen molar-refractivity contribution in [3.63, 3.8) is 0 Å². The van der Waals surface area contributed by atoms with Gasteiger partial charge in [-0.1, -0.05) is 0 Å². The summed E-state index contributed by atoms with van der Waals surface area (Å²) in [5.41, 5.74) is 0.440. The fourth-order valence-corrected chi connectivity index (χ4v) is 2.20. The molecular formula is C17H22N2O5. The van der Waals surface area contributed by atoms with Crippen LogP contribution in [0.15, 0.2) is 34.9 Å². The van der Waals surface area contributed by atoms with Crippen molar-refractivity contribution < 1.29 is 23.4 Å². The summed E-state index contributed by atoms with van der Waals surface area (Å²) in [5.74, 6) is 1.98. The number of amides is 1. The zero-order chi connectivity index (χ0) is 17.4. The van der Waals surface area contributed by atoms with E-state index in [-0.39, 0.29) is 5.91 Å². The second-order valence-corrected chi connectivity index (χ2v) is 4.93. The fourth-order valence-electron chi connectivity index (χ4n) is 2.20. The van der Waals surface area contributed by atoms with Crippen LogP contribution in [-0.4, -0.2) is 40.3 Å². The van der Waals surface area contributed by atoms with Crippen molar-refractivity contribution in [2.24, 2.45) is 0 Å². The molecule has 0 aliphatic rings. The highest BCUT2D eigenvalue weighted by Crippen LogP contribution is 2.38. The number of benzene rings is 1. The van der Waals surface area contributed by atoms with Gasteiger partial charge in [0.05, 0.1) is 34.1 Å². The minimum Gasteiger partial charge on any atom is -0.493 e. The molecule has 2 N–H and O–H groups in total. The van der Waals surface area contributed by atoms with Gasteiger partial charge in [-0.05, 0) is 24.3 Å². The SMILES string of the molecule is COc1cc(C(=O)NCCNCc2ccco2)cc(OC)c1OC. The van der Waals surface area contributed by atoms with E-state index in [4.69, 9.17) is 18.6 Å². The molecule has 0 fully saturated rings. The molecule has 0 spiro atoms. The summed E-state index contributed by atoms with van der Waals surface area (Å²) in [7, 11) is 4.54. The van der Waals surface area contributed by atoms with Crippen LogP contribution < -0.4 is 24.8 Å². The summed E-state index contributed by atoms with van der Waals surface area (Å²) in [5, 5.41) is 6.02. The van der Waals surface area contributed by atoms with Crippen molar-refractivity contribution in [1.82, 2.24) is 10.6 Å². The molecule has 0 unspecified atom stereocenters.